The minimum atomic E-state index is -0.281. The van der Waals surface area contributed by atoms with Gasteiger partial charge in [0.2, 0.25) is 0 Å². The lowest BCUT2D eigenvalue weighted by atomic mass is 10.1. The zero-order valence-electron chi connectivity index (χ0n) is 11.2. The third-order valence-corrected chi connectivity index (χ3v) is 4.54. The van der Waals surface area contributed by atoms with Gasteiger partial charge in [-0.2, -0.15) is 5.10 Å². The van der Waals surface area contributed by atoms with Crippen molar-refractivity contribution in [3.63, 3.8) is 0 Å². The van der Waals surface area contributed by atoms with E-state index in [-0.39, 0.29) is 6.23 Å². The molecule has 0 N–H and O–H groups in total. The van der Waals surface area contributed by atoms with Gasteiger partial charge in [0.15, 0.2) is 11.4 Å². The van der Waals surface area contributed by atoms with Gasteiger partial charge >= 0.3 is 0 Å². The number of pyridine rings is 1. The van der Waals surface area contributed by atoms with Gasteiger partial charge in [-0.25, -0.2) is 14.6 Å². The Morgan fingerprint density at radius 3 is 3.14 bits per heavy atom. The van der Waals surface area contributed by atoms with Crippen LogP contribution < -0.4 is 0 Å². The summed E-state index contributed by atoms with van der Waals surface area (Å²) in [6.45, 7) is 2.55. The topological polar surface area (TPSA) is 52.8 Å². The van der Waals surface area contributed by atoms with E-state index in [2.05, 4.69) is 16.1 Å². The highest BCUT2D eigenvalue weighted by Gasteiger charge is 2.29. The molecule has 2 aromatic heterocycles. The summed E-state index contributed by atoms with van der Waals surface area (Å²) in [6, 6.07) is 7.79. The summed E-state index contributed by atoms with van der Waals surface area (Å²) in [5.41, 5.74) is 1.88. The second-order valence-electron chi connectivity index (χ2n) is 4.62. The van der Waals surface area contributed by atoms with Crippen LogP contribution in [0.25, 0.3) is 10.9 Å². The molecule has 1 aromatic carbocycles. The number of benzene rings is 1. The lowest BCUT2D eigenvalue weighted by Gasteiger charge is -2.25. The average Bonchev–Trinajstić information content (AvgIpc) is 2.93. The monoisotopic (exact) mass is 318 g/mol. The van der Waals surface area contributed by atoms with Gasteiger partial charge in [0.05, 0.1) is 5.52 Å². The van der Waals surface area contributed by atoms with Crippen LogP contribution >= 0.6 is 23.4 Å². The molecule has 0 aliphatic carbocycles. The quantitative estimate of drug-likeness (QED) is 0.723. The maximum absolute atomic E-state index is 6.05. The molecular formula is C14H11ClN4OS. The van der Waals surface area contributed by atoms with Crippen LogP contribution in [-0.2, 0) is 4.74 Å². The van der Waals surface area contributed by atoms with Crippen molar-refractivity contribution in [2.45, 2.75) is 23.3 Å². The van der Waals surface area contributed by atoms with Crippen LogP contribution in [0.5, 0.6) is 0 Å². The van der Waals surface area contributed by atoms with Crippen molar-refractivity contribution in [3.05, 3.63) is 41.2 Å². The van der Waals surface area contributed by atoms with Gasteiger partial charge in [0.1, 0.15) is 11.4 Å². The van der Waals surface area contributed by atoms with Gasteiger partial charge in [-0.15, -0.1) is 0 Å². The van der Waals surface area contributed by atoms with E-state index in [1.165, 1.54) is 18.1 Å². The zero-order valence-corrected chi connectivity index (χ0v) is 12.7. The lowest BCUT2D eigenvalue weighted by molar-refractivity contribution is 0.0218. The van der Waals surface area contributed by atoms with Crippen LogP contribution in [0.3, 0.4) is 0 Å². The Balaban J connectivity index is 1.93. The van der Waals surface area contributed by atoms with Crippen molar-refractivity contribution < 1.29 is 4.74 Å². The van der Waals surface area contributed by atoms with Crippen molar-refractivity contribution in [1.82, 2.24) is 19.7 Å². The molecule has 106 valence electrons. The predicted octanol–water partition coefficient (Wildman–Crippen LogP) is 3.53. The molecular weight excluding hydrogens is 308 g/mol. The van der Waals surface area contributed by atoms with E-state index >= 15 is 0 Å². The second-order valence-corrected chi connectivity index (χ2v) is 6.01. The summed E-state index contributed by atoms with van der Waals surface area (Å²) >= 11 is 7.54. The van der Waals surface area contributed by atoms with Crippen LogP contribution in [0.1, 0.15) is 18.7 Å². The van der Waals surface area contributed by atoms with Crippen molar-refractivity contribution in [1.29, 1.82) is 0 Å². The first-order valence-electron chi connectivity index (χ1n) is 6.55. The molecule has 0 spiro atoms. The number of halogens is 1. The SMILES string of the molecule is CCOC1c2cc3ccc(Cl)cc3nc2Sc2ncnn21. The number of hydrogen-bond donors (Lipinski definition) is 0. The predicted molar refractivity (Wildman–Crippen MR) is 80.7 cm³/mol. The molecule has 4 rings (SSSR count). The molecule has 7 heteroatoms. The van der Waals surface area contributed by atoms with E-state index < -0.39 is 0 Å². The first-order valence-corrected chi connectivity index (χ1v) is 7.75. The molecule has 0 saturated heterocycles. The van der Waals surface area contributed by atoms with Crippen molar-refractivity contribution in [2.24, 2.45) is 0 Å². The van der Waals surface area contributed by atoms with E-state index in [1.54, 1.807) is 4.68 Å². The maximum Gasteiger partial charge on any atom is 0.195 e. The van der Waals surface area contributed by atoms with Gasteiger partial charge in [0.25, 0.3) is 0 Å². The van der Waals surface area contributed by atoms with Gasteiger partial charge in [-0.1, -0.05) is 17.7 Å². The first kappa shape index (κ1) is 13.1. The molecule has 1 aliphatic rings. The minimum absolute atomic E-state index is 0.281. The third kappa shape index (κ3) is 2.10. The molecule has 0 saturated carbocycles. The molecule has 0 radical (unpaired) electrons. The molecule has 3 aromatic rings. The number of nitrogens with zero attached hydrogens (tertiary/aromatic N) is 4. The Kier molecular flexibility index (Phi) is 3.10. The molecule has 1 unspecified atom stereocenters. The molecule has 0 amide bonds. The second kappa shape index (κ2) is 4.98. The largest absolute Gasteiger partial charge is 0.352 e. The molecule has 1 aliphatic heterocycles. The standard InChI is InChI=1S/C14H11ClN4OS/c1-2-20-13-10-5-8-3-4-9(15)6-11(8)18-12(10)21-14-16-7-17-19(13)14/h3-7,13H,2H2,1H3. The van der Waals surface area contributed by atoms with Gasteiger partial charge in [-0.3, -0.25) is 0 Å². The normalized spacial score (nSPS) is 16.8. The summed E-state index contributed by atoms with van der Waals surface area (Å²) in [5.74, 6) is 0. The fourth-order valence-electron chi connectivity index (χ4n) is 2.41. The third-order valence-electron chi connectivity index (χ3n) is 3.31. The zero-order chi connectivity index (χ0) is 14.4. The molecule has 3 heterocycles. The van der Waals surface area contributed by atoms with E-state index in [1.807, 2.05) is 25.1 Å². The molecule has 1 atom stereocenters. The van der Waals surface area contributed by atoms with Crippen molar-refractivity contribution in [3.8, 4) is 0 Å². The summed E-state index contributed by atoms with van der Waals surface area (Å²) in [6.07, 6.45) is 1.26. The Bertz CT molecular complexity index is 835. The van der Waals surface area contributed by atoms with E-state index in [4.69, 9.17) is 21.3 Å². The summed E-state index contributed by atoms with van der Waals surface area (Å²) in [5, 5.41) is 7.66. The highest BCUT2D eigenvalue weighted by molar-refractivity contribution is 7.99. The molecule has 0 fully saturated rings. The van der Waals surface area contributed by atoms with Crippen LogP contribution in [-0.4, -0.2) is 26.4 Å². The van der Waals surface area contributed by atoms with Crippen LogP contribution in [0, 0.1) is 0 Å². The highest BCUT2D eigenvalue weighted by atomic mass is 35.5. The molecule has 5 nitrogen and oxygen atoms in total. The van der Waals surface area contributed by atoms with Crippen LogP contribution in [0.2, 0.25) is 5.02 Å². The number of ether oxygens (including phenoxy) is 1. The first-order chi connectivity index (χ1) is 10.3. The van der Waals surface area contributed by atoms with E-state index in [0.29, 0.717) is 11.6 Å². The number of rotatable bonds is 2. The van der Waals surface area contributed by atoms with E-state index in [0.717, 1.165) is 26.6 Å². The Labute approximate surface area is 130 Å². The highest BCUT2D eigenvalue weighted by Crippen LogP contribution is 2.40. The van der Waals surface area contributed by atoms with Gasteiger partial charge < -0.3 is 4.74 Å². The molecule has 21 heavy (non-hydrogen) atoms. The summed E-state index contributed by atoms with van der Waals surface area (Å²) in [4.78, 5) is 8.96. The van der Waals surface area contributed by atoms with Crippen LogP contribution in [0.15, 0.2) is 40.8 Å². The Morgan fingerprint density at radius 2 is 2.29 bits per heavy atom. The number of fused-ring (bicyclic) bond motifs is 3. The fraction of sp³-hybridized carbons (Fsp3) is 0.214. The summed E-state index contributed by atoms with van der Waals surface area (Å²) in [7, 11) is 0. The lowest BCUT2D eigenvalue weighted by Crippen LogP contribution is -2.21. The van der Waals surface area contributed by atoms with Gasteiger partial charge in [0, 0.05) is 22.6 Å². The number of aromatic nitrogens is 4. The van der Waals surface area contributed by atoms with Crippen molar-refractivity contribution >= 4 is 34.3 Å². The smallest absolute Gasteiger partial charge is 0.195 e. The fourth-order valence-corrected chi connectivity index (χ4v) is 3.50. The Hall–Kier alpha value is -1.63. The Morgan fingerprint density at radius 1 is 1.38 bits per heavy atom. The van der Waals surface area contributed by atoms with Crippen LogP contribution in [0.4, 0.5) is 0 Å². The van der Waals surface area contributed by atoms with Gasteiger partial charge in [-0.05, 0) is 36.9 Å². The van der Waals surface area contributed by atoms with Crippen molar-refractivity contribution in [2.75, 3.05) is 6.61 Å². The molecule has 0 bridgehead atoms. The number of hydrogen-bond acceptors (Lipinski definition) is 5. The summed E-state index contributed by atoms with van der Waals surface area (Å²) < 4.78 is 7.64. The van der Waals surface area contributed by atoms with E-state index in [9.17, 15) is 0 Å². The average molecular weight is 319 g/mol. The maximum atomic E-state index is 6.05. The minimum Gasteiger partial charge on any atom is -0.352 e.